The van der Waals surface area contributed by atoms with Crippen molar-refractivity contribution in [2.75, 3.05) is 11.5 Å². The van der Waals surface area contributed by atoms with Crippen LogP contribution in [0.2, 0.25) is 0 Å². The number of phenolic OH excluding ortho intramolecular Hbond substituents is 2. The van der Waals surface area contributed by atoms with Crippen LogP contribution < -0.4 is 0 Å². The number of phenols is 2. The molecule has 0 radical (unpaired) electrons. The fourth-order valence-electron chi connectivity index (χ4n) is 1.38. The predicted molar refractivity (Wildman–Crippen MR) is 84.2 cm³/mol. The highest BCUT2D eigenvalue weighted by Crippen LogP contribution is 2.35. The molecule has 0 aliphatic rings. The van der Waals surface area contributed by atoms with Crippen molar-refractivity contribution in [2.45, 2.75) is 44.4 Å². The molecule has 0 bridgehead atoms. The Bertz CT molecular complexity index is 317. The first kappa shape index (κ1) is 17.5. The Labute approximate surface area is 120 Å². The van der Waals surface area contributed by atoms with Crippen molar-refractivity contribution in [2.24, 2.45) is 0 Å². The zero-order chi connectivity index (χ0) is 13.8. The van der Waals surface area contributed by atoms with E-state index in [1.165, 1.54) is 25.3 Å². The van der Waals surface area contributed by atoms with Gasteiger partial charge in [-0.2, -0.15) is 12.6 Å². The highest BCUT2D eigenvalue weighted by molar-refractivity contribution is 7.99. The summed E-state index contributed by atoms with van der Waals surface area (Å²) in [6.45, 7) is 4.00. The van der Waals surface area contributed by atoms with E-state index in [4.69, 9.17) is 0 Å². The Morgan fingerprint density at radius 2 is 1.72 bits per heavy atom. The third-order valence-electron chi connectivity index (χ3n) is 2.29. The summed E-state index contributed by atoms with van der Waals surface area (Å²) in [5.41, 5.74) is 0. The first-order valence-electron chi connectivity index (χ1n) is 6.50. The number of thioether (sulfide) groups is 1. The van der Waals surface area contributed by atoms with Crippen molar-refractivity contribution in [3.05, 3.63) is 18.2 Å². The molecule has 1 aromatic carbocycles. The lowest BCUT2D eigenvalue weighted by Gasteiger charge is -2.05. The molecule has 0 saturated carbocycles. The Balaban J connectivity index is 0.00000137. The van der Waals surface area contributed by atoms with Crippen LogP contribution in [0, 0.1) is 0 Å². The van der Waals surface area contributed by atoms with E-state index in [2.05, 4.69) is 12.6 Å². The summed E-state index contributed by atoms with van der Waals surface area (Å²) >= 11 is 5.75. The van der Waals surface area contributed by atoms with Gasteiger partial charge in [-0.15, -0.1) is 11.8 Å². The number of hydrogen-bond acceptors (Lipinski definition) is 4. The fraction of sp³-hybridized carbons (Fsp3) is 0.571. The van der Waals surface area contributed by atoms with E-state index in [-0.39, 0.29) is 11.5 Å². The SMILES string of the molecule is CC.Oc1cccc(SCCCCCCS)c1O. The fourth-order valence-corrected chi connectivity index (χ4v) is 2.58. The number of thiol groups is 1. The Morgan fingerprint density at radius 3 is 2.39 bits per heavy atom. The van der Waals surface area contributed by atoms with Crippen LogP contribution in [-0.2, 0) is 0 Å². The summed E-state index contributed by atoms with van der Waals surface area (Å²) < 4.78 is 0. The number of hydrogen-bond donors (Lipinski definition) is 3. The second kappa shape index (κ2) is 11.6. The lowest BCUT2D eigenvalue weighted by Crippen LogP contribution is -1.83. The lowest BCUT2D eigenvalue weighted by molar-refractivity contribution is 0.395. The van der Waals surface area contributed by atoms with Crippen LogP contribution in [0.15, 0.2) is 23.1 Å². The van der Waals surface area contributed by atoms with Gasteiger partial charge in [0.15, 0.2) is 11.5 Å². The van der Waals surface area contributed by atoms with Crippen LogP contribution in [0.4, 0.5) is 0 Å². The zero-order valence-electron chi connectivity index (χ0n) is 11.2. The average Bonchev–Trinajstić information content (AvgIpc) is 2.41. The summed E-state index contributed by atoms with van der Waals surface area (Å²) in [7, 11) is 0. The molecule has 18 heavy (non-hydrogen) atoms. The number of unbranched alkanes of at least 4 members (excludes halogenated alkanes) is 3. The van der Waals surface area contributed by atoms with Crippen LogP contribution in [0.25, 0.3) is 0 Å². The largest absolute Gasteiger partial charge is 0.504 e. The van der Waals surface area contributed by atoms with E-state index in [9.17, 15) is 10.2 Å². The van der Waals surface area contributed by atoms with Crippen molar-refractivity contribution in [3.8, 4) is 11.5 Å². The molecule has 1 rings (SSSR count). The van der Waals surface area contributed by atoms with Crippen LogP contribution in [0.1, 0.15) is 39.5 Å². The molecule has 0 spiro atoms. The summed E-state index contributed by atoms with van der Waals surface area (Å²) in [6, 6.07) is 5.07. The molecule has 0 heterocycles. The monoisotopic (exact) mass is 288 g/mol. The standard InChI is InChI=1S/C12H18O2S2.C2H6/c13-10-6-5-7-11(12(10)14)16-9-4-2-1-3-8-15;1-2/h5-7,13-15H,1-4,8-9H2;1-2H3. The van der Waals surface area contributed by atoms with Gasteiger partial charge in [-0.3, -0.25) is 0 Å². The van der Waals surface area contributed by atoms with Crippen molar-refractivity contribution >= 4 is 24.4 Å². The smallest absolute Gasteiger partial charge is 0.171 e. The topological polar surface area (TPSA) is 40.5 Å². The number of para-hydroxylation sites is 1. The van der Waals surface area contributed by atoms with E-state index >= 15 is 0 Å². The third kappa shape index (κ3) is 7.07. The molecular formula is C14H24O2S2. The Morgan fingerprint density at radius 1 is 1.06 bits per heavy atom. The van der Waals surface area contributed by atoms with Crippen molar-refractivity contribution < 1.29 is 10.2 Å². The van der Waals surface area contributed by atoms with Gasteiger partial charge in [-0.1, -0.05) is 32.8 Å². The molecule has 0 aromatic heterocycles. The maximum atomic E-state index is 9.56. The quantitative estimate of drug-likeness (QED) is 0.295. The molecule has 1 aromatic rings. The lowest BCUT2D eigenvalue weighted by atomic mass is 10.2. The number of benzene rings is 1. The minimum absolute atomic E-state index is 0.00265. The van der Waals surface area contributed by atoms with Crippen LogP contribution >= 0.6 is 24.4 Å². The molecule has 0 amide bonds. The summed E-state index contributed by atoms with van der Waals surface area (Å²) in [4.78, 5) is 0.759. The highest BCUT2D eigenvalue weighted by Gasteiger charge is 2.05. The second-order valence-electron chi connectivity index (χ2n) is 3.61. The van der Waals surface area contributed by atoms with Gasteiger partial charge in [0, 0.05) is 0 Å². The summed E-state index contributed by atoms with van der Waals surface area (Å²) in [6.07, 6.45) is 4.72. The summed E-state index contributed by atoms with van der Waals surface area (Å²) in [5.74, 6) is 1.90. The number of aromatic hydroxyl groups is 2. The maximum absolute atomic E-state index is 9.56. The van der Waals surface area contributed by atoms with Crippen LogP contribution in [-0.4, -0.2) is 21.7 Å². The Kier molecular flexibility index (Phi) is 11.3. The van der Waals surface area contributed by atoms with Crippen molar-refractivity contribution in [1.29, 1.82) is 0 Å². The molecule has 0 atom stereocenters. The first-order chi connectivity index (χ1) is 8.75. The van der Waals surface area contributed by atoms with Crippen LogP contribution in [0.3, 0.4) is 0 Å². The molecule has 104 valence electrons. The maximum Gasteiger partial charge on any atom is 0.171 e. The van der Waals surface area contributed by atoms with Gasteiger partial charge >= 0.3 is 0 Å². The van der Waals surface area contributed by atoms with Crippen molar-refractivity contribution in [1.82, 2.24) is 0 Å². The average molecular weight is 288 g/mol. The van der Waals surface area contributed by atoms with Gasteiger partial charge in [-0.25, -0.2) is 0 Å². The molecule has 0 unspecified atom stereocenters. The van der Waals surface area contributed by atoms with Gasteiger partial charge in [0.2, 0.25) is 0 Å². The van der Waals surface area contributed by atoms with Gasteiger partial charge in [0.05, 0.1) is 4.90 Å². The zero-order valence-corrected chi connectivity index (χ0v) is 12.9. The van der Waals surface area contributed by atoms with Crippen LogP contribution in [0.5, 0.6) is 11.5 Å². The summed E-state index contributed by atoms with van der Waals surface area (Å²) in [5, 5.41) is 18.9. The number of rotatable bonds is 7. The van der Waals surface area contributed by atoms with Gasteiger partial charge in [-0.05, 0) is 36.5 Å². The molecular weight excluding hydrogens is 264 g/mol. The molecule has 0 aliphatic carbocycles. The molecule has 2 N–H and O–H groups in total. The minimum Gasteiger partial charge on any atom is -0.504 e. The van der Waals surface area contributed by atoms with Gasteiger partial charge in [0.25, 0.3) is 0 Å². The molecule has 4 heteroatoms. The Hall–Kier alpha value is -0.480. The first-order valence-corrected chi connectivity index (χ1v) is 8.12. The van der Waals surface area contributed by atoms with Crippen molar-refractivity contribution in [3.63, 3.8) is 0 Å². The van der Waals surface area contributed by atoms with Gasteiger partial charge < -0.3 is 10.2 Å². The second-order valence-corrected chi connectivity index (χ2v) is 5.19. The third-order valence-corrected chi connectivity index (χ3v) is 3.74. The molecule has 2 nitrogen and oxygen atoms in total. The van der Waals surface area contributed by atoms with E-state index in [0.717, 1.165) is 22.8 Å². The van der Waals surface area contributed by atoms with E-state index in [1.807, 2.05) is 19.9 Å². The molecule has 0 aliphatic heterocycles. The predicted octanol–water partition coefficient (Wildman–Crippen LogP) is 4.71. The minimum atomic E-state index is -0.0416. The van der Waals surface area contributed by atoms with Gasteiger partial charge in [0.1, 0.15) is 0 Å². The van der Waals surface area contributed by atoms with E-state index in [0.29, 0.717) is 0 Å². The normalized spacial score (nSPS) is 9.72. The molecule has 0 saturated heterocycles. The van der Waals surface area contributed by atoms with E-state index in [1.54, 1.807) is 17.8 Å². The molecule has 0 fully saturated rings. The highest BCUT2D eigenvalue weighted by atomic mass is 32.2. The van der Waals surface area contributed by atoms with E-state index < -0.39 is 0 Å².